The summed E-state index contributed by atoms with van der Waals surface area (Å²) in [4.78, 5) is 0. The minimum atomic E-state index is -7.17. The van der Waals surface area contributed by atoms with Gasteiger partial charge in [0.25, 0.3) is 0 Å². The summed E-state index contributed by atoms with van der Waals surface area (Å²) >= 11 is -7.17. The molecule has 0 bridgehead atoms. The molecule has 0 saturated heterocycles. The molecule has 0 N–H and O–H groups in total. The van der Waals surface area contributed by atoms with Crippen molar-refractivity contribution in [2.75, 3.05) is 0 Å². The molecule has 0 aromatic rings. The molecular formula is F4KW. The summed E-state index contributed by atoms with van der Waals surface area (Å²) < 4.78 is 39.6. The van der Waals surface area contributed by atoms with Crippen LogP contribution in [-0.4, -0.2) is 51.4 Å². The van der Waals surface area contributed by atoms with Crippen molar-refractivity contribution in [1.29, 1.82) is 0 Å². The van der Waals surface area contributed by atoms with Crippen LogP contribution < -0.4 is 0 Å². The fourth-order valence-electron chi connectivity index (χ4n) is 0. The maximum absolute atomic E-state index is 9.90. The Morgan fingerprint density at radius 1 is 0.833 bits per heavy atom. The van der Waals surface area contributed by atoms with E-state index in [4.69, 9.17) is 0 Å². The number of hydrogen-bond acceptors (Lipinski definition) is 0. The van der Waals surface area contributed by atoms with Crippen LogP contribution in [0.25, 0.3) is 0 Å². The monoisotopic (exact) mass is 299 g/mol. The SMILES string of the molecule is [F][W]([F])([F])[F].[K]. The summed E-state index contributed by atoms with van der Waals surface area (Å²) in [6.45, 7) is 0. The molecule has 0 aromatic carbocycles. The Hall–Kier alpha value is 2.04. The van der Waals surface area contributed by atoms with Crippen LogP contribution in [0.2, 0.25) is 0 Å². The zero-order chi connectivity index (χ0) is 4.50. The summed E-state index contributed by atoms with van der Waals surface area (Å²) in [6, 6.07) is 0. The molecule has 35 valence electrons. The molecule has 1 radical (unpaired) electrons. The second kappa shape index (κ2) is 3.98. The normalized spacial score (nSPS) is 12.7. The van der Waals surface area contributed by atoms with Crippen molar-refractivity contribution in [3.05, 3.63) is 0 Å². The van der Waals surface area contributed by atoms with Crippen molar-refractivity contribution in [2.45, 2.75) is 0 Å². The number of hydrogen-bond donors (Lipinski definition) is 0. The predicted molar refractivity (Wildman–Crippen MR) is 10.2 cm³/mol. The van der Waals surface area contributed by atoms with E-state index in [1.165, 1.54) is 0 Å². The first-order chi connectivity index (χ1) is 2.00. The van der Waals surface area contributed by atoms with E-state index in [2.05, 4.69) is 0 Å². The topological polar surface area (TPSA) is 0 Å². The van der Waals surface area contributed by atoms with Gasteiger partial charge in [-0.15, -0.1) is 0 Å². The number of rotatable bonds is 0. The van der Waals surface area contributed by atoms with Crippen LogP contribution in [0.5, 0.6) is 0 Å². The predicted octanol–water partition coefficient (Wildman–Crippen LogP) is 1.30. The first-order valence-corrected chi connectivity index (χ1v) is 5.05. The van der Waals surface area contributed by atoms with E-state index >= 15 is 0 Å². The molecule has 0 nitrogen and oxygen atoms in total. The molecule has 6 heteroatoms. The quantitative estimate of drug-likeness (QED) is 0.467. The fraction of sp³-hybridized carbons (Fsp3) is 0. The molecule has 0 saturated carbocycles. The van der Waals surface area contributed by atoms with Crippen molar-refractivity contribution in [3.8, 4) is 0 Å². The fourth-order valence-corrected chi connectivity index (χ4v) is 0. The van der Waals surface area contributed by atoms with Crippen molar-refractivity contribution >= 4 is 51.4 Å². The summed E-state index contributed by atoms with van der Waals surface area (Å²) in [5, 5.41) is 0. The maximum atomic E-state index is 9.90. The minimum Gasteiger partial charge on any atom is 0 e. The van der Waals surface area contributed by atoms with Gasteiger partial charge in [0.05, 0.1) is 0 Å². The Morgan fingerprint density at radius 2 is 0.833 bits per heavy atom. The van der Waals surface area contributed by atoms with E-state index in [0.29, 0.717) is 0 Å². The first kappa shape index (κ1) is 10.9. The van der Waals surface area contributed by atoms with Gasteiger partial charge in [-0.05, 0) is 0 Å². The zero-order valence-electron chi connectivity index (χ0n) is 2.92. The van der Waals surface area contributed by atoms with Crippen molar-refractivity contribution < 1.29 is 30.8 Å². The Balaban J connectivity index is 0. The van der Waals surface area contributed by atoms with Gasteiger partial charge >= 0.3 is 30.8 Å². The van der Waals surface area contributed by atoms with Crippen LogP contribution >= 0.6 is 0 Å². The van der Waals surface area contributed by atoms with E-state index in [0.717, 1.165) is 0 Å². The van der Waals surface area contributed by atoms with Crippen LogP contribution in [-0.2, 0) is 18.2 Å². The van der Waals surface area contributed by atoms with Crippen LogP contribution in [0, 0.1) is 0 Å². The largest absolute Gasteiger partial charge is 0 e. The molecule has 0 aromatic heterocycles. The Labute approximate surface area is 80.5 Å². The molecule has 6 heavy (non-hydrogen) atoms. The second-order valence-electron chi connectivity index (χ2n) is 0.350. The smallest absolute Gasteiger partial charge is 0 e. The van der Waals surface area contributed by atoms with E-state index in [9.17, 15) is 12.6 Å². The summed E-state index contributed by atoms with van der Waals surface area (Å²) in [6.07, 6.45) is 0. The third-order valence-corrected chi connectivity index (χ3v) is 0. The van der Waals surface area contributed by atoms with Gasteiger partial charge in [0.15, 0.2) is 0 Å². The Morgan fingerprint density at radius 3 is 0.833 bits per heavy atom. The third kappa shape index (κ3) is 36.8. The Kier molecular flexibility index (Phi) is 7.24. The van der Waals surface area contributed by atoms with Gasteiger partial charge < -0.3 is 0 Å². The average Bonchev–Trinajstić information content (AvgIpc) is 0.722. The van der Waals surface area contributed by atoms with Gasteiger partial charge in [-0.3, -0.25) is 0 Å². The van der Waals surface area contributed by atoms with E-state index in [1.807, 2.05) is 0 Å². The molecule has 0 atom stereocenters. The molecule has 0 aliphatic heterocycles. The minimum absolute atomic E-state index is 0. The average molecular weight is 299 g/mol. The molecule has 0 aliphatic carbocycles. The summed E-state index contributed by atoms with van der Waals surface area (Å²) in [5.41, 5.74) is 0. The number of halogens is 4. The second-order valence-corrected chi connectivity index (χ2v) is 2.86. The van der Waals surface area contributed by atoms with E-state index in [1.54, 1.807) is 0 Å². The van der Waals surface area contributed by atoms with Crippen LogP contribution in [0.1, 0.15) is 0 Å². The van der Waals surface area contributed by atoms with Gasteiger partial charge in [-0.2, -0.15) is 0 Å². The van der Waals surface area contributed by atoms with E-state index < -0.39 is 18.2 Å². The van der Waals surface area contributed by atoms with Crippen molar-refractivity contribution in [1.82, 2.24) is 0 Å². The van der Waals surface area contributed by atoms with Gasteiger partial charge in [-0.25, -0.2) is 0 Å². The molecular weight excluding hydrogens is 299 g/mol. The molecule has 0 aliphatic rings. The Bertz CT molecular complexity index is 23.0. The maximum Gasteiger partial charge on any atom is 0 e. The molecule has 0 amide bonds. The molecule has 0 fully saturated rings. The summed E-state index contributed by atoms with van der Waals surface area (Å²) in [5.74, 6) is 0. The standard InChI is InChI=1S/4FH.K.W/h4*1H;;/q;;;;;+4/p-4. The van der Waals surface area contributed by atoms with Crippen molar-refractivity contribution in [2.24, 2.45) is 0 Å². The van der Waals surface area contributed by atoms with Gasteiger partial charge in [-0.1, -0.05) is 0 Å². The molecule has 0 spiro atoms. The van der Waals surface area contributed by atoms with Gasteiger partial charge in [0.2, 0.25) is 0 Å². The zero-order valence-corrected chi connectivity index (χ0v) is 8.98. The van der Waals surface area contributed by atoms with Gasteiger partial charge in [0.1, 0.15) is 0 Å². The molecule has 0 unspecified atom stereocenters. The van der Waals surface area contributed by atoms with Crippen LogP contribution in [0.4, 0.5) is 12.6 Å². The summed E-state index contributed by atoms with van der Waals surface area (Å²) in [7, 11) is 0. The van der Waals surface area contributed by atoms with Crippen LogP contribution in [0.3, 0.4) is 0 Å². The third-order valence-electron chi connectivity index (χ3n) is 0. The molecule has 0 heterocycles. The first-order valence-electron chi connectivity index (χ1n) is 0.617. The van der Waals surface area contributed by atoms with E-state index in [-0.39, 0.29) is 51.4 Å². The molecule has 0 rings (SSSR count). The van der Waals surface area contributed by atoms with Gasteiger partial charge in [0, 0.05) is 51.4 Å². The van der Waals surface area contributed by atoms with Crippen LogP contribution in [0.15, 0.2) is 0 Å². The van der Waals surface area contributed by atoms with Crippen molar-refractivity contribution in [3.63, 3.8) is 0 Å².